The molecular formula is C13H14O3. The summed E-state index contributed by atoms with van der Waals surface area (Å²) in [6, 6.07) is 7.09. The number of esters is 1. The Bertz CT molecular complexity index is 394. The van der Waals surface area contributed by atoms with Gasteiger partial charge in [0.05, 0.1) is 12.2 Å². The molecule has 0 spiro atoms. The lowest BCUT2D eigenvalue weighted by Gasteiger charge is -2.02. The van der Waals surface area contributed by atoms with E-state index in [9.17, 15) is 9.59 Å². The molecule has 0 unspecified atom stereocenters. The lowest BCUT2D eigenvalue weighted by atomic mass is 10.1. The SMILES string of the molecule is CCOC(=O)c1cccc(/C=C/CC=O)c1. The van der Waals surface area contributed by atoms with Crippen LogP contribution in [0.15, 0.2) is 30.3 Å². The summed E-state index contributed by atoms with van der Waals surface area (Å²) in [5, 5.41) is 0. The number of hydrogen-bond donors (Lipinski definition) is 0. The normalized spacial score (nSPS) is 10.3. The number of allylic oxidation sites excluding steroid dienone is 1. The molecule has 0 fully saturated rings. The van der Waals surface area contributed by atoms with Crippen molar-refractivity contribution >= 4 is 18.3 Å². The third-order valence-electron chi connectivity index (χ3n) is 1.94. The second-order valence-corrected chi connectivity index (χ2v) is 3.15. The van der Waals surface area contributed by atoms with Crippen LogP contribution >= 0.6 is 0 Å². The molecule has 0 saturated heterocycles. The molecule has 0 amide bonds. The van der Waals surface area contributed by atoms with E-state index in [0.717, 1.165) is 11.8 Å². The molecule has 0 aliphatic carbocycles. The van der Waals surface area contributed by atoms with Gasteiger partial charge in [-0.05, 0) is 24.6 Å². The monoisotopic (exact) mass is 218 g/mol. The van der Waals surface area contributed by atoms with Gasteiger partial charge in [-0.2, -0.15) is 0 Å². The van der Waals surface area contributed by atoms with Crippen LogP contribution < -0.4 is 0 Å². The highest BCUT2D eigenvalue weighted by Crippen LogP contribution is 2.08. The highest BCUT2D eigenvalue weighted by atomic mass is 16.5. The van der Waals surface area contributed by atoms with Crippen molar-refractivity contribution in [3.8, 4) is 0 Å². The number of carbonyl (C=O) groups excluding carboxylic acids is 2. The zero-order chi connectivity index (χ0) is 11.8. The van der Waals surface area contributed by atoms with Gasteiger partial charge < -0.3 is 9.53 Å². The fraction of sp³-hybridized carbons (Fsp3) is 0.231. The molecule has 0 aliphatic heterocycles. The molecule has 0 N–H and O–H groups in total. The van der Waals surface area contributed by atoms with E-state index in [2.05, 4.69) is 0 Å². The molecular weight excluding hydrogens is 204 g/mol. The minimum atomic E-state index is -0.326. The van der Waals surface area contributed by atoms with Crippen LogP contribution in [0.2, 0.25) is 0 Å². The van der Waals surface area contributed by atoms with Crippen LogP contribution in [0, 0.1) is 0 Å². The first kappa shape index (κ1) is 12.2. The second kappa shape index (κ2) is 6.56. The summed E-state index contributed by atoms with van der Waals surface area (Å²) < 4.78 is 4.89. The Morgan fingerprint density at radius 2 is 2.25 bits per heavy atom. The highest BCUT2D eigenvalue weighted by molar-refractivity contribution is 5.90. The van der Waals surface area contributed by atoms with Gasteiger partial charge in [-0.15, -0.1) is 0 Å². The third kappa shape index (κ3) is 3.69. The van der Waals surface area contributed by atoms with E-state index in [-0.39, 0.29) is 5.97 Å². The lowest BCUT2D eigenvalue weighted by molar-refractivity contribution is -0.107. The Labute approximate surface area is 94.7 Å². The molecule has 1 aromatic carbocycles. The summed E-state index contributed by atoms with van der Waals surface area (Å²) >= 11 is 0. The van der Waals surface area contributed by atoms with Crippen LogP contribution in [0.5, 0.6) is 0 Å². The van der Waals surface area contributed by atoms with Crippen molar-refractivity contribution in [2.45, 2.75) is 13.3 Å². The molecule has 0 bridgehead atoms. The van der Waals surface area contributed by atoms with Crippen LogP contribution in [-0.4, -0.2) is 18.9 Å². The minimum absolute atomic E-state index is 0.326. The molecule has 3 heteroatoms. The minimum Gasteiger partial charge on any atom is -0.462 e. The van der Waals surface area contributed by atoms with Crippen molar-refractivity contribution in [2.75, 3.05) is 6.61 Å². The van der Waals surface area contributed by atoms with Crippen molar-refractivity contribution in [1.29, 1.82) is 0 Å². The molecule has 84 valence electrons. The van der Waals surface area contributed by atoms with Crippen molar-refractivity contribution in [3.05, 3.63) is 41.5 Å². The summed E-state index contributed by atoms with van der Waals surface area (Å²) in [6.07, 6.45) is 4.75. The fourth-order valence-corrected chi connectivity index (χ4v) is 1.24. The van der Waals surface area contributed by atoms with Crippen molar-refractivity contribution in [3.63, 3.8) is 0 Å². The number of ether oxygens (including phenoxy) is 1. The van der Waals surface area contributed by atoms with Crippen LogP contribution in [0.1, 0.15) is 29.3 Å². The quantitative estimate of drug-likeness (QED) is 0.563. The van der Waals surface area contributed by atoms with E-state index in [1.807, 2.05) is 6.07 Å². The number of carbonyl (C=O) groups is 2. The van der Waals surface area contributed by atoms with Crippen LogP contribution in [0.3, 0.4) is 0 Å². The van der Waals surface area contributed by atoms with E-state index < -0.39 is 0 Å². The first-order valence-electron chi connectivity index (χ1n) is 5.15. The maximum atomic E-state index is 11.4. The van der Waals surface area contributed by atoms with Gasteiger partial charge in [0.15, 0.2) is 0 Å². The zero-order valence-corrected chi connectivity index (χ0v) is 9.18. The van der Waals surface area contributed by atoms with Gasteiger partial charge in [0.25, 0.3) is 0 Å². The summed E-state index contributed by atoms with van der Waals surface area (Å²) in [6.45, 7) is 2.13. The number of benzene rings is 1. The molecule has 16 heavy (non-hydrogen) atoms. The predicted octanol–water partition coefficient (Wildman–Crippen LogP) is 2.47. The van der Waals surface area contributed by atoms with Crippen molar-refractivity contribution in [1.82, 2.24) is 0 Å². The zero-order valence-electron chi connectivity index (χ0n) is 9.18. The average molecular weight is 218 g/mol. The Morgan fingerprint density at radius 3 is 2.94 bits per heavy atom. The molecule has 0 heterocycles. The number of aldehydes is 1. The standard InChI is InChI=1S/C13H14O3/c1-2-16-13(15)12-8-5-7-11(10-12)6-3-4-9-14/h3,5-10H,2,4H2,1H3/b6-3+. The first-order valence-corrected chi connectivity index (χ1v) is 5.15. The Balaban J connectivity index is 2.78. The second-order valence-electron chi connectivity index (χ2n) is 3.15. The molecule has 1 aromatic rings. The molecule has 0 radical (unpaired) electrons. The Hall–Kier alpha value is -1.90. The van der Waals surface area contributed by atoms with Gasteiger partial charge in [0.2, 0.25) is 0 Å². The maximum absolute atomic E-state index is 11.4. The van der Waals surface area contributed by atoms with Gasteiger partial charge in [0, 0.05) is 6.42 Å². The molecule has 0 saturated carbocycles. The van der Waals surface area contributed by atoms with E-state index in [1.54, 1.807) is 37.3 Å². The van der Waals surface area contributed by atoms with Crippen LogP contribution in [0.25, 0.3) is 6.08 Å². The fourth-order valence-electron chi connectivity index (χ4n) is 1.24. The molecule has 0 aromatic heterocycles. The summed E-state index contributed by atoms with van der Waals surface area (Å²) in [4.78, 5) is 21.6. The van der Waals surface area contributed by atoms with E-state index in [1.165, 1.54) is 0 Å². The number of rotatable bonds is 5. The lowest BCUT2D eigenvalue weighted by Crippen LogP contribution is -2.04. The smallest absolute Gasteiger partial charge is 0.338 e. The molecule has 3 nitrogen and oxygen atoms in total. The Morgan fingerprint density at radius 1 is 1.44 bits per heavy atom. The predicted molar refractivity (Wildman–Crippen MR) is 62.1 cm³/mol. The summed E-state index contributed by atoms with van der Waals surface area (Å²) in [7, 11) is 0. The molecule has 1 rings (SSSR count). The topological polar surface area (TPSA) is 43.4 Å². The maximum Gasteiger partial charge on any atom is 0.338 e. The third-order valence-corrected chi connectivity index (χ3v) is 1.94. The van der Waals surface area contributed by atoms with Crippen LogP contribution in [-0.2, 0) is 9.53 Å². The van der Waals surface area contributed by atoms with Crippen molar-refractivity contribution in [2.24, 2.45) is 0 Å². The van der Waals surface area contributed by atoms with Gasteiger partial charge in [-0.1, -0.05) is 24.3 Å². The van der Waals surface area contributed by atoms with Gasteiger partial charge >= 0.3 is 5.97 Å². The van der Waals surface area contributed by atoms with Gasteiger partial charge in [0.1, 0.15) is 6.29 Å². The number of hydrogen-bond acceptors (Lipinski definition) is 3. The van der Waals surface area contributed by atoms with E-state index >= 15 is 0 Å². The van der Waals surface area contributed by atoms with Gasteiger partial charge in [-0.25, -0.2) is 4.79 Å². The van der Waals surface area contributed by atoms with E-state index in [4.69, 9.17) is 4.74 Å². The largest absolute Gasteiger partial charge is 0.462 e. The molecule has 0 atom stereocenters. The summed E-state index contributed by atoms with van der Waals surface area (Å²) in [5.74, 6) is -0.326. The first-order chi connectivity index (χ1) is 7.77. The van der Waals surface area contributed by atoms with E-state index in [0.29, 0.717) is 18.6 Å². The molecule has 0 aliphatic rings. The average Bonchev–Trinajstić information content (AvgIpc) is 2.30. The summed E-state index contributed by atoms with van der Waals surface area (Å²) in [5.41, 5.74) is 1.41. The highest BCUT2D eigenvalue weighted by Gasteiger charge is 2.05. The van der Waals surface area contributed by atoms with Gasteiger partial charge in [-0.3, -0.25) is 0 Å². The van der Waals surface area contributed by atoms with Crippen molar-refractivity contribution < 1.29 is 14.3 Å². The Kier molecular flexibility index (Phi) is 4.99. The van der Waals surface area contributed by atoms with Crippen LogP contribution in [0.4, 0.5) is 0 Å².